The summed E-state index contributed by atoms with van der Waals surface area (Å²) in [7, 11) is 0. The fraction of sp³-hybridized carbons (Fsp3) is 0.120. The zero-order valence-corrected chi connectivity index (χ0v) is 19.0. The summed E-state index contributed by atoms with van der Waals surface area (Å²) in [5.74, 6) is 1.56. The van der Waals surface area contributed by atoms with Crippen LogP contribution in [0.2, 0.25) is 0 Å². The molecule has 0 unspecified atom stereocenters. The minimum Gasteiger partial charge on any atom is -0.489 e. The highest BCUT2D eigenvalue weighted by Crippen LogP contribution is 2.35. The predicted molar refractivity (Wildman–Crippen MR) is 128 cm³/mol. The van der Waals surface area contributed by atoms with Crippen molar-refractivity contribution in [3.63, 3.8) is 0 Å². The van der Waals surface area contributed by atoms with Gasteiger partial charge >= 0.3 is 0 Å². The largest absolute Gasteiger partial charge is 0.489 e. The van der Waals surface area contributed by atoms with Crippen molar-refractivity contribution < 1.29 is 28.7 Å². The minimum atomic E-state index is -0.527. The molecule has 9 nitrogen and oxygen atoms in total. The van der Waals surface area contributed by atoms with Crippen molar-refractivity contribution in [1.29, 1.82) is 0 Å². The van der Waals surface area contributed by atoms with Crippen LogP contribution >= 0.6 is 11.8 Å². The molecule has 0 radical (unpaired) electrons. The number of ether oxygens (including phenoxy) is 3. The van der Waals surface area contributed by atoms with E-state index in [0.717, 1.165) is 27.8 Å². The van der Waals surface area contributed by atoms with Gasteiger partial charge in [0.2, 0.25) is 6.79 Å². The SMILES string of the molecule is O=C1S/C(=C\c2ccc(OCc3ccc4c(c3)OCO4)cc2)C(=O)N1Cc1ccccc1[N+](=O)[O-]. The van der Waals surface area contributed by atoms with Crippen LogP contribution in [-0.2, 0) is 17.9 Å². The third-order valence-corrected chi connectivity index (χ3v) is 6.32. The molecule has 2 heterocycles. The Balaban J connectivity index is 1.24. The standard InChI is InChI=1S/C25H18N2O7S/c28-24-23(35-25(29)26(24)13-18-3-1-2-4-20(18)27(30)31)12-16-5-8-19(9-6-16)32-14-17-7-10-21-22(11-17)34-15-33-21/h1-12H,13-15H2/b23-12-. The first-order chi connectivity index (χ1) is 17.0. The number of rotatable bonds is 7. The van der Waals surface area contributed by atoms with E-state index < -0.39 is 16.1 Å². The van der Waals surface area contributed by atoms with E-state index in [0.29, 0.717) is 29.4 Å². The molecule has 2 amide bonds. The number of nitro groups is 1. The topological polar surface area (TPSA) is 108 Å². The molecule has 176 valence electrons. The third kappa shape index (κ3) is 4.82. The Bertz CT molecular complexity index is 1350. The Kier molecular flexibility index (Phi) is 6.11. The number of thioether (sulfide) groups is 1. The minimum absolute atomic E-state index is 0.133. The van der Waals surface area contributed by atoms with Crippen LogP contribution in [0.4, 0.5) is 10.5 Å². The summed E-state index contributed by atoms with van der Waals surface area (Å²) >= 11 is 0.807. The van der Waals surface area contributed by atoms with Gasteiger partial charge in [-0.15, -0.1) is 0 Å². The van der Waals surface area contributed by atoms with Crippen molar-refractivity contribution in [2.24, 2.45) is 0 Å². The normalized spacial score (nSPS) is 15.7. The van der Waals surface area contributed by atoms with Crippen LogP contribution in [0.3, 0.4) is 0 Å². The molecule has 0 bridgehead atoms. The van der Waals surface area contributed by atoms with Gasteiger partial charge < -0.3 is 14.2 Å². The summed E-state index contributed by atoms with van der Waals surface area (Å²) in [5, 5.41) is 10.8. The van der Waals surface area contributed by atoms with Crippen molar-refractivity contribution in [2.75, 3.05) is 6.79 Å². The summed E-state index contributed by atoms with van der Waals surface area (Å²) in [6.07, 6.45) is 1.62. The summed E-state index contributed by atoms with van der Waals surface area (Å²) < 4.78 is 16.5. The maximum Gasteiger partial charge on any atom is 0.293 e. The lowest BCUT2D eigenvalue weighted by Gasteiger charge is -2.12. The van der Waals surface area contributed by atoms with Crippen molar-refractivity contribution in [3.05, 3.63) is 98.4 Å². The van der Waals surface area contributed by atoms with Crippen molar-refractivity contribution in [2.45, 2.75) is 13.2 Å². The Morgan fingerprint density at radius 1 is 1.03 bits per heavy atom. The highest BCUT2D eigenvalue weighted by molar-refractivity contribution is 8.18. The molecule has 2 aliphatic rings. The second-order valence-electron chi connectivity index (χ2n) is 7.70. The monoisotopic (exact) mass is 490 g/mol. The lowest BCUT2D eigenvalue weighted by atomic mass is 10.1. The van der Waals surface area contributed by atoms with Gasteiger partial charge in [-0.05, 0) is 53.2 Å². The Morgan fingerprint density at radius 2 is 1.80 bits per heavy atom. The molecule has 0 N–H and O–H groups in total. The quantitative estimate of drug-likeness (QED) is 0.255. The Morgan fingerprint density at radius 3 is 2.60 bits per heavy atom. The van der Waals surface area contributed by atoms with Crippen molar-refractivity contribution in [3.8, 4) is 17.2 Å². The van der Waals surface area contributed by atoms with Crippen LogP contribution in [0.5, 0.6) is 17.2 Å². The van der Waals surface area contributed by atoms with Gasteiger partial charge in [0.15, 0.2) is 11.5 Å². The van der Waals surface area contributed by atoms with Crippen LogP contribution in [0.15, 0.2) is 71.6 Å². The van der Waals surface area contributed by atoms with E-state index in [2.05, 4.69) is 0 Å². The molecular formula is C25H18N2O7S. The van der Waals surface area contributed by atoms with Gasteiger partial charge in [-0.2, -0.15) is 0 Å². The number of carbonyl (C=O) groups is 2. The van der Waals surface area contributed by atoms with E-state index in [9.17, 15) is 19.7 Å². The zero-order chi connectivity index (χ0) is 24.4. The van der Waals surface area contributed by atoms with Gasteiger partial charge in [0.25, 0.3) is 16.8 Å². The van der Waals surface area contributed by atoms with E-state index in [-0.39, 0.29) is 23.9 Å². The molecule has 0 aromatic heterocycles. The lowest BCUT2D eigenvalue weighted by molar-refractivity contribution is -0.385. The van der Waals surface area contributed by atoms with Crippen LogP contribution in [0.25, 0.3) is 6.08 Å². The second-order valence-corrected chi connectivity index (χ2v) is 8.69. The van der Waals surface area contributed by atoms with Crippen LogP contribution in [-0.4, -0.2) is 27.8 Å². The third-order valence-electron chi connectivity index (χ3n) is 5.41. The fourth-order valence-electron chi connectivity index (χ4n) is 3.64. The van der Waals surface area contributed by atoms with E-state index >= 15 is 0 Å². The lowest BCUT2D eigenvalue weighted by Crippen LogP contribution is -2.27. The number of hydrogen-bond acceptors (Lipinski definition) is 8. The number of amides is 2. The average molecular weight is 490 g/mol. The van der Waals surface area contributed by atoms with Crippen LogP contribution in [0.1, 0.15) is 16.7 Å². The number of benzene rings is 3. The van der Waals surface area contributed by atoms with Gasteiger partial charge in [-0.1, -0.05) is 36.4 Å². The number of nitrogens with zero attached hydrogens (tertiary/aromatic N) is 2. The Hall–Kier alpha value is -4.31. The van der Waals surface area contributed by atoms with Crippen LogP contribution in [0, 0.1) is 10.1 Å². The molecule has 0 aliphatic carbocycles. The molecule has 35 heavy (non-hydrogen) atoms. The number of nitro benzene ring substituents is 1. The number of carbonyl (C=O) groups excluding carboxylic acids is 2. The zero-order valence-electron chi connectivity index (χ0n) is 18.2. The molecule has 2 aliphatic heterocycles. The molecule has 3 aromatic carbocycles. The van der Waals surface area contributed by atoms with Gasteiger partial charge in [0.1, 0.15) is 12.4 Å². The molecule has 0 spiro atoms. The summed E-state index contributed by atoms with van der Waals surface area (Å²) in [4.78, 5) is 37.2. The molecule has 5 rings (SSSR count). The second kappa shape index (κ2) is 9.51. The maximum absolute atomic E-state index is 12.8. The van der Waals surface area contributed by atoms with E-state index in [4.69, 9.17) is 14.2 Å². The Labute approximate surface area is 204 Å². The maximum atomic E-state index is 12.8. The molecule has 10 heteroatoms. The van der Waals surface area contributed by atoms with Gasteiger partial charge in [-0.25, -0.2) is 0 Å². The first kappa shape index (κ1) is 22.5. The molecule has 3 aromatic rings. The smallest absolute Gasteiger partial charge is 0.293 e. The van der Waals surface area contributed by atoms with Gasteiger partial charge in [0, 0.05) is 11.6 Å². The van der Waals surface area contributed by atoms with E-state index in [1.807, 2.05) is 18.2 Å². The number of imide groups is 1. The number of para-hydroxylation sites is 1. The molecule has 0 atom stereocenters. The molecular weight excluding hydrogens is 472 g/mol. The molecule has 1 fully saturated rings. The fourth-order valence-corrected chi connectivity index (χ4v) is 4.48. The summed E-state index contributed by atoms with van der Waals surface area (Å²) in [6, 6.07) is 18.8. The summed E-state index contributed by atoms with van der Waals surface area (Å²) in [6.45, 7) is 0.402. The summed E-state index contributed by atoms with van der Waals surface area (Å²) in [5.41, 5.74) is 1.82. The number of fused-ring (bicyclic) bond motifs is 1. The van der Waals surface area contributed by atoms with Crippen LogP contribution < -0.4 is 14.2 Å². The molecule has 0 saturated carbocycles. The highest BCUT2D eigenvalue weighted by atomic mass is 32.2. The van der Waals surface area contributed by atoms with Crippen molar-refractivity contribution >= 4 is 34.7 Å². The predicted octanol–water partition coefficient (Wildman–Crippen LogP) is 5.14. The van der Waals surface area contributed by atoms with Gasteiger partial charge in [-0.3, -0.25) is 24.6 Å². The van der Waals surface area contributed by atoms with E-state index in [1.54, 1.807) is 36.4 Å². The highest BCUT2D eigenvalue weighted by Gasteiger charge is 2.36. The number of hydrogen-bond donors (Lipinski definition) is 0. The van der Waals surface area contributed by atoms with Gasteiger partial charge in [0.05, 0.1) is 16.4 Å². The first-order valence-corrected chi connectivity index (χ1v) is 11.4. The van der Waals surface area contributed by atoms with Crippen molar-refractivity contribution in [1.82, 2.24) is 4.90 Å². The first-order valence-electron chi connectivity index (χ1n) is 10.6. The average Bonchev–Trinajstić information content (AvgIpc) is 3.43. The van der Waals surface area contributed by atoms with E-state index in [1.165, 1.54) is 18.2 Å². The molecule has 1 saturated heterocycles.